The van der Waals surface area contributed by atoms with Gasteiger partial charge in [-0.05, 0) is 134 Å². The molecule has 4 unspecified atom stereocenters. The van der Waals surface area contributed by atoms with Crippen LogP contribution in [0, 0.1) is 23.7 Å². The normalized spacial score (nSPS) is 12.8. The van der Waals surface area contributed by atoms with Crippen LogP contribution in [0.3, 0.4) is 0 Å². The first-order valence-electron chi connectivity index (χ1n) is 27.2. The summed E-state index contributed by atoms with van der Waals surface area (Å²) in [5.41, 5.74) is 0.777. The molecule has 0 aliphatic rings. The van der Waals surface area contributed by atoms with E-state index >= 15 is 0 Å². The third kappa shape index (κ3) is 79.5. The first-order valence-corrected chi connectivity index (χ1v) is 27.2. The Morgan fingerprint density at radius 1 is 0.329 bits per heavy atom. The highest BCUT2D eigenvalue weighted by Crippen LogP contribution is 2.28. The Bertz CT molecular complexity index is 1010. The van der Waals surface area contributed by atoms with Crippen LogP contribution in [0.4, 0.5) is 0 Å². The molecule has 0 aromatic carbocycles. The predicted octanol–water partition coefficient (Wildman–Crippen LogP) is 12.6. The molecule has 0 aliphatic carbocycles. The molecule has 0 aromatic heterocycles. The molecule has 0 amide bonds. The van der Waals surface area contributed by atoms with Crippen molar-refractivity contribution in [3.05, 3.63) is 0 Å². The second kappa shape index (κ2) is 63.4. The smallest absolute Gasteiger partial charge is 0.0781 e. The summed E-state index contributed by atoms with van der Waals surface area (Å²) in [6.07, 6.45) is -0.740. The van der Waals surface area contributed by atoms with Gasteiger partial charge in [0.05, 0.1) is 104 Å². The van der Waals surface area contributed by atoms with Crippen molar-refractivity contribution >= 4 is 0 Å². The minimum atomic E-state index is -0.430. The van der Waals surface area contributed by atoms with E-state index in [0.717, 1.165) is 36.8 Å². The zero-order chi connectivity index (χ0) is 56.6. The van der Waals surface area contributed by atoms with Crippen molar-refractivity contribution in [2.24, 2.45) is 23.7 Å². The van der Waals surface area contributed by atoms with E-state index in [0.29, 0.717) is 46.2 Å². The summed E-state index contributed by atoms with van der Waals surface area (Å²) in [4.78, 5) is 10.5. The summed E-state index contributed by atoms with van der Waals surface area (Å²) in [5.74, 6) is 3.05. The van der Waals surface area contributed by atoms with Crippen molar-refractivity contribution in [2.75, 3.05) is 132 Å². The Morgan fingerprint density at radius 2 is 0.582 bits per heavy atom. The molecule has 0 aliphatic heterocycles. The zero-order valence-electron chi connectivity index (χ0n) is 51.3. The van der Waals surface area contributed by atoms with E-state index in [4.69, 9.17) is 54.3 Å². The molecule has 79 heavy (non-hydrogen) atoms. The summed E-state index contributed by atoms with van der Waals surface area (Å²) < 4.78 is 25.1. The van der Waals surface area contributed by atoms with Gasteiger partial charge in [-0.15, -0.1) is 0 Å². The molecule has 0 rings (SSSR count). The minimum absolute atomic E-state index is 0. The second-order valence-electron chi connectivity index (χ2n) is 24.7. The van der Waals surface area contributed by atoms with Gasteiger partial charge in [0.15, 0.2) is 0 Å². The van der Waals surface area contributed by atoms with Crippen LogP contribution in [-0.2, 0) is 23.7 Å². The van der Waals surface area contributed by atoms with Crippen molar-refractivity contribution in [3.63, 3.8) is 0 Å². The monoisotopic (exact) mass is 1160 g/mol. The fourth-order valence-electron chi connectivity index (χ4n) is 7.95. The molecule has 0 saturated carbocycles. The molecule has 0 bridgehead atoms. The molecule has 0 heterocycles. The Kier molecular flexibility index (Phi) is 88.2. The van der Waals surface area contributed by atoms with E-state index in [1.165, 1.54) is 39.3 Å². The highest BCUT2D eigenvalue weighted by atomic mass is 16.5. The molecule has 6 N–H and O–H groups in total. The first kappa shape index (κ1) is 110. The highest BCUT2D eigenvalue weighted by Gasteiger charge is 2.35. The van der Waals surface area contributed by atoms with Gasteiger partial charge in [0.1, 0.15) is 0 Å². The fraction of sp³-hybridized carbons (Fsp3) is 1.00. The van der Waals surface area contributed by atoms with Gasteiger partial charge in [-0.2, -0.15) is 0 Å². The average Bonchev–Trinajstić information content (AvgIpc) is 3.20. The van der Waals surface area contributed by atoms with Crippen LogP contribution < -0.4 is 0 Å². The third-order valence-electron chi connectivity index (χ3n) is 10.1. The predicted molar refractivity (Wildman–Crippen MR) is 353 cm³/mol. The van der Waals surface area contributed by atoms with E-state index in [2.05, 4.69) is 158 Å². The fourth-order valence-corrected chi connectivity index (χ4v) is 7.95. The lowest BCUT2D eigenvalue weighted by molar-refractivity contribution is -0.0253. The number of hydrogen-bond acceptors (Lipinski definition) is 15. The van der Waals surface area contributed by atoms with Crippen molar-refractivity contribution in [1.82, 2.24) is 19.6 Å². The van der Waals surface area contributed by atoms with Crippen LogP contribution in [0.25, 0.3) is 0 Å². The maximum atomic E-state index is 8.80. The Morgan fingerprint density at radius 3 is 0.810 bits per heavy atom. The van der Waals surface area contributed by atoms with E-state index in [1.54, 1.807) is 20.8 Å². The third-order valence-corrected chi connectivity index (χ3v) is 10.1. The lowest BCUT2D eigenvalue weighted by Gasteiger charge is -2.50. The summed E-state index contributed by atoms with van der Waals surface area (Å²) in [6.45, 7) is 65.8. The first-order chi connectivity index (χ1) is 32.5. The average molecular weight is 1160 g/mol. The van der Waals surface area contributed by atoms with Crippen LogP contribution in [0.2, 0.25) is 0 Å². The highest BCUT2D eigenvalue weighted by molar-refractivity contribution is 4.91. The van der Waals surface area contributed by atoms with Crippen LogP contribution in [0.1, 0.15) is 226 Å². The van der Waals surface area contributed by atoms with E-state index < -0.39 is 6.10 Å². The number of aliphatic hydroxyl groups is 6. The van der Waals surface area contributed by atoms with Crippen LogP contribution in [0.5, 0.6) is 0 Å². The summed E-state index contributed by atoms with van der Waals surface area (Å²) in [5, 5.41) is 50.7. The van der Waals surface area contributed by atoms with E-state index in [1.807, 2.05) is 6.92 Å². The van der Waals surface area contributed by atoms with Gasteiger partial charge in [-0.3, -0.25) is 9.80 Å². The number of hydrogen-bond donors (Lipinski definition) is 6. The van der Waals surface area contributed by atoms with E-state index in [-0.39, 0.29) is 133 Å². The van der Waals surface area contributed by atoms with Crippen molar-refractivity contribution < 1.29 is 54.3 Å². The van der Waals surface area contributed by atoms with Gasteiger partial charge >= 0.3 is 0 Å². The van der Waals surface area contributed by atoms with Gasteiger partial charge < -0.3 is 64.1 Å². The second-order valence-corrected chi connectivity index (χ2v) is 24.7. The van der Waals surface area contributed by atoms with Crippen molar-refractivity contribution in [3.8, 4) is 0 Å². The lowest BCUT2D eigenvalue weighted by Crippen LogP contribution is -2.59. The van der Waals surface area contributed by atoms with Crippen LogP contribution in [-0.4, -0.2) is 228 Å². The number of aliphatic hydroxyl groups excluding tert-OH is 6. The minimum Gasteiger partial charge on any atom is -0.394 e. The molecule has 500 valence electrons. The number of ether oxygens (including phenoxy) is 5. The molecule has 0 radical (unpaired) electrons. The number of nitrogens with zero attached hydrogens (tertiary/aromatic N) is 4. The zero-order valence-corrected chi connectivity index (χ0v) is 51.3. The lowest BCUT2D eigenvalue weighted by atomic mass is 9.93. The summed E-state index contributed by atoms with van der Waals surface area (Å²) in [6, 6.07) is 0. The maximum absolute atomic E-state index is 8.80. The van der Waals surface area contributed by atoms with E-state index in [9.17, 15) is 0 Å². The van der Waals surface area contributed by atoms with Gasteiger partial charge in [0, 0.05) is 74.5 Å². The largest absolute Gasteiger partial charge is 0.394 e. The summed E-state index contributed by atoms with van der Waals surface area (Å²) >= 11 is 0. The Labute approximate surface area is 499 Å². The Balaban J connectivity index is -0.0000000632. The SMILES string of the molecule is C.C.C.C.C.C.C.C.CC(C)(C)N(CCN(C(C)(C)C)C(C)(C)C)C(C)(C)C.CC(C)CN(CCN(CC(C)C)CC(C)C)CC(C)C.CC(CO)OCCO.CC(COCCO)OCCO.CC(O)COCCOC(C)CO. The number of rotatable bonds is 32. The molecule has 0 aromatic rings. The molecule has 0 spiro atoms. The molecule has 4 atom stereocenters. The standard InChI is InChI=1S/2C18H40N2.C8H18O4.C7H16O4.C5H12O3.8CH4/c1-15(2,3)19(16(4,5)6)13-14-20(17(7,8)9)18(10,11)12;1-15(2)11-19(12-16(3)4)9-10-20(13-17(5)6)14-18(7)8;1-7(10)6-11-3-4-12-8(2)5-9;1-7(11-5-3-9)6-10-4-2-8;1-5(4-7)8-3-2-6;;;;;;;;/h13-14H2,1-12H3;15-18H,9-14H2,1-8H3;7-10H,3-6H2,1-2H3;7-9H,2-6H2,1H3;5-7H,2-4H2,1H3;8*1H4. The Hall–Kier alpha value is -0.600. The van der Waals surface area contributed by atoms with Gasteiger partial charge in [-0.1, -0.05) is 115 Å². The van der Waals surface area contributed by atoms with Crippen LogP contribution in [0.15, 0.2) is 0 Å². The maximum Gasteiger partial charge on any atom is 0.0781 e. The molecule has 0 saturated heterocycles. The molecule has 15 nitrogen and oxygen atoms in total. The van der Waals surface area contributed by atoms with Gasteiger partial charge in [0.2, 0.25) is 0 Å². The molecule has 15 heteroatoms. The van der Waals surface area contributed by atoms with Crippen molar-refractivity contribution in [2.45, 2.75) is 272 Å². The summed E-state index contributed by atoms with van der Waals surface area (Å²) in [7, 11) is 0. The molecular weight excluding hydrogens is 1000 g/mol. The topological polar surface area (TPSA) is 180 Å². The van der Waals surface area contributed by atoms with Crippen LogP contribution >= 0.6 is 0 Å². The van der Waals surface area contributed by atoms with Crippen molar-refractivity contribution in [1.29, 1.82) is 0 Å². The van der Waals surface area contributed by atoms with Gasteiger partial charge in [0.25, 0.3) is 0 Å². The quantitative estimate of drug-likeness (QED) is 0.0350. The molecule has 0 fully saturated rings. The molecular formula is C64H158N4O11. The van der Waals surface area contributed by atoms with Gasteiger partial charge in [-0.25, -0.2) is 0 Å².